The average molecular weight is 409 g/mol. The molecule has 0 bridgehead atoms. The number of aliphatic imine (C=N–C) groups is 1. The molecule has 5 heteroatoms. The van der Waals surface area contributed by atoms with Crippen LogP contribution in [0.4, 0.5) is 0 Å². The number of fused-ring (bicyclic) bond motifs is 1. The lowest BCUT2D eigenvalue weighted by Gasteiger charge is -2.32. The normalized spacial score (nSPS) is 27.3. The second kappa shape index (κ2) is 7.82. The van der Waals surface area contributed by atoms with Crippen LogP contribution in [0.3, 0.4) is 0 Å². The molecule has 1 saturated carbocycles. The van der Waals surface area contributed by atoms with Crippen molar-refractivity contribution in [2.45, 2.75) is 83.5 Å². The molecule has 4 nitrogen and oxygen atoms in total. The lowest BCUT2D eigenvalue weighted by Crippen LogP contribution is -2.35. The monoisotopic (exact) mass is 408 g/mol. The first kappa shape index (κ1) is 19.2. The highest BCUT2D eigenvalue weighted by Crippen LogP contribution is 2.50. The van der Waals surface area contributed by atoms with Crippen LogP contribution >= 0.6 is 11.8 Å². The highest BCUT2D eigenvalue weighted by Gasteiger charge is 2.46. The van der Waals surface area contributed by atoms with Gasteiger partial charge in [0.25, 0.3) is 0 Å². The number of thioether (sulfide) groups is 1. The average Bonchev–Trinajstić information content (AvgIpc) is 3.40. The Morgan fingerprint density at radius 1 is 1.14 bits per heavy atom. The summed E-state index contributed by atoms with van der Waals surface area (Å²) in [5.41, 5.74) is 5.42. The van der Waals surface area contributed by atoms with Crippen LogP contribution in [-0.4, -0.2) is 31.4 Å². The molecule has 3 aliphatic rings. The molecule has 0 spiro atoms. The summed E-state index contributed by atoms with van der Waals surface area (Å²) < 4.78 is 2.64. The summed E-state index contributed by atoms with van der Waals surface area (Å²) in [4.78, 5) is 12.5. The second-order valence-electron chi connectivity index (χ2n) is 8.82. The third kappa shape index (κ3) is 3.22. The molecule has 0 unspecified atom stereocenters. The van der Waals surface area contributed by atoms with Crippen LogP contribution in [0.25, 0.3) is 0 Å². The largest absolute Gasteiger partial charge is 0.346 e. The fourth-order valence-corrected chi connectivity index (χ4v) is 7.03. The number of aryl methyl sites for hydroxylation is 1. The van der Waals surface area contributed by atoms with Crippen molar-refractivity contribution in [2.75, 3.05) is 5.75 Å². The Labute approximate surface area is 178 Å². The summed E-state index contributed by atoms with van der Waals surface area (Å²) in [6.07, 6.45) is 9.85. The first-order chi connectivity index (χ1) is 14.2. The zero-order chi connectivity index (χ0) is 20.0. The zero-order valence-corrected chi connectivity index (χ0v) is 18.7. The number of pyridine rings is 1. The highest BCUT2D eigenvalue weighted by atomic mass is 32.2. The second-order valence-corrected chi connectivity index (χ2v) is 9.81. The molecule has 0 radical (unpaired) electrons. The van der Waals surface area contributed by atoms with Gasteiger partial charge in [-0.2, -0.15) is 0 Å². The molecular formula is C24H32N4S. The van der Waals surface area contributed by atoms with Crippen LogP contribution in [0, 0.1) is 13.8 Å². The van der Waals surface area contributed by atoms with E-state index in [0.717, 1.165) is 11.4 Å². The Hall–Kier alpha value is -1.75. The summed E-state index contributed by atoms with van der Waals surface area (Å²) in [5, 5.41) is 1.22. The predicted octanol–water partition coefficient (Wildman–Crippen LogP) is 5.98. The molecule has 4 heterocycles. The quantitative estimate of drug-likeness (QED) is 0.623. The third-order valence-corrected chi connectivity index (χ3v) is 8.24. The molecular weight excluding hydrogens is 376 g/mol. The maximum absolute atomic E-state index is 5.20. The Kier molecular flexibility index (Phi) is 5.19. The molecule has 1 saturated heterocycles. The Morgan fingerprint density at radius 3 is 2.69 bits per heavy atom. The summed E-state index contributed by atoms with van der Waals surface area (Å²) >= 11 is 1.93. The first-order valence-corrected chi connectivity index (χ1v) is 12.3. The number of nitrogens with zero attached hydrogens (tertiary/aromatic N) is 4. The van der Waals surface area contributed by atoms with Crippen molar-refractivity contribution < 1.29 is 0 Å². The van der Waals surface area contributed by atoms with Gasteiger partial charge < -0.3 is 9.47 Å². The standard InChI is InChI=1S/C24H32N4S/c1-4-18-15-29-24-26-22(21-12-8-9-13-25-21)23(28(18)24)20-14-16(2)27(17(20)3)19-10-6-5-7-11-19/h8-9,12-14,18-19,22-23H,4-7,10-11,15H2,1-3H3/t18-,22-,23+/m1/s1. The van der Waals surface area contributed by atoms with Gasteiger partial charge >= 0.3 is 0 Å². The van der Waals surface area contributed by atoms with Crippen LogP contribution in [0.2, 0.25) is 0 Å². The van der Waals surface area contributed by atoms with Gasteiger partial charge in [-0.1, -0.05) is 44.0 Å². The van der Waals surface area contributed by atoms with Crippen molar-refractivity contribution >= 4 is 16.9 Å². The molecule has 5 rings (SSSR count). The van der Waals surface area contributed by atoms with Gasteiger partial charge in [-0.25, -0.2) is 0 Å². The zero-order valence-electron chi connectivity index (χ0n) is 17.8. The van der Waals surface area contributed by atoms with Crippen LogP contribution in [0.1, 0.15) is 86.2 Å². The Bertz CT molecular complexity index is 897. The number of hydrogen-bond acceptors (Lipinski definition) is 4. The molecule has 3 atom stereocenters. The molecule has 29 heavy (non-hydrogen) atoms. The Morgan fingerprint density at radius 2 is 1.97 bits per heavy atom. The van der Waals surface area contributed by atoms with Crippen molar-refractivity contribution in [3.8, 4) is 0 Å². The summed E-state index contributed by atoms with van der Waals surface area (Å²) in [5.74, 6) is 1.15. The van der Waals surface area contributed by atoms with Crippen LogP contribution in [-0.2, 0) is 0 Å². The van der Waals surface area contributed by atoms with E-state index in [1.807, 2.05) is 24.0 Å². The van der Waals surface area contributed by atoms with E-state index in [1.165, 1.54) is 60.6 Å². The van der Waals surface area contributed by atoms with E-state index >= 15 is 0 Å². The number of amidine groups is 1. The van der Waals surface area contributed by atoms with Gasteiger partial charge in [0.2, 0.25) is 0 Å². The predicted molar refractivity (Wildman–Crippen MR) is 122 cm³/mol. The fourth-order valence-electron chi connectivity index (χ4n) is 5.69. The molecule has 154 valence electrons. The highest BCUT2D eigenvalue weighted by molar-refractivity contribution is 8.14. The van der Waals surface area contributed by atoms with Crippen molar-refractivity contribution in [2.24, 2.45) is 4.99 Å². The van der Waals surface area contributed by atoms with E-state index in [4.69, 9.17) is 9.98 Å². The molecule has 2 aliphatic heterocycles. The van der Waals surface area contributed by atoms with E-state index in [9.17, 15) is 0 Å². The van der Waals surface area contributed by atoms with Gasteiger partial charge in [-0.3, -0.25) is 9.98 Å². The molecule has 0 N–H and O–H groups in total. The first-order valence-electron chi connectivity index (χ1n) is 11.3. The van der Waals surface area contributed by atoms with E-state index < -0.39 is 0 Å². The minimum Gasteiger partial charge on any atom is -0.346 e. The maximum Gasteiger partial charge on any atom is 0.160 e. The van der Waals surface area contributed by atoms with E-state index in [2.05, 4.69) is 48.4 Å². The molecule has 0 amide bonds. The fraction of sp³-hybridized carbons (Fsp3) is 0.583. The van der Waals surface area contributed by atoms with Crippen LogP contribution < -0.4 is 0 Å². The molecule has 0 aromatic carbocycles. The molecule has 2 aromatic rings. The van der Waals surface area contributed by atoms with Crippen LogP contribution in [0.5, 0.6) is 0 Å². The SMILES string of the molecule is CC[C@@H]1CSC2=N[C@H](c3ccccn3)[C@H](c3cc(C)n(C4CCCCC4)c3C)N21. The van der Waals surface area contributed by atoms with E-state index in [1.54, 1.807) is 0 Å². The van der Waals surface area contributed by atoms with E-state index in [-0.39, 0.29) is 12.1 Å². The summed E-state index contributed by atoms with van der Waals surface area (Å²) in [6, 6.07) is 10.3. The summed E-state index contributed by atoms with van der Waals surface area (Å²) in [6.45, 7) is 6.95. The maximum atomic E-state index is 5.20. The van der Waals surface area contributed by atoms with Crippen molar-refractivity contribution in [3.05, 3.63) is 53.1 Å². The van der Waals surface area contributed by atoms with E-state index in [0.29, 0.717) is 12.1 Å². The van der Waals surface area contributed by atoms with Crippen molar-refractivity contribution in [1.29, 1.82) is 0 Å². The van der Waals surface area contributed by atoms with Gasteiger partial charge in [0, 0.05) is 35.4 Å². The smallest absolute Gasteiger partial charge is 0.160 e. The number of hydrogen-bond donors (Lipinski definition) is 0. The molecule has 2 fully saturated rings. The van der Waals surface area contributed by atoms with Gasteiger partial charge in [-0.05, 0) is 56.9 Å². The van der Waals surface area contributed by atoms with Crippen molar-refractivity contribution in [1.82, 2.24) is 14.5 Å². The van der Waals surface area contributed by atoms with Gasteiger partial charge in [-0.15, -0.1) is 0 Å². The van der Waals surface area contributed by atoms with Crippen molar-refractivity contribution in [3.63, 3.8) is 0 Å². The summed E-state index contributed by atoms with van der Waals surface area (Å²) in [7, 11) is 0. The minimum absolute atomic E-state index is 0.0911. The molecule has 1 aliphatic carbocycles. The lowest BCUT2D eigenvalue weighted by molar-refractivity contribution is 0.253. The molecule has 2 aromatic heterocycles. The topological polar surface area (TPSA) is 33.4 Å². The van der Waals surface area contributed by atoms with Gasteiger partial charge in [0.15, 0.2) is 5.17 Å². The minimum atomic E-state index is 0.0911. The lowest BCUT2D eigenvalue weighted by atomic mass is 9.94. The Balaban J connectivity index is 1.58. The third-order valence-electron chi connectivity index (χ3n) is 7.11. The van der Waals surface area contributed by atoms with Crippen LogP contribution in [0.15, 0.2) is 35.5 Å². The van der Waals surface area contributed by atoms with Gasteiger partial charge in [0.05, 0.1) is 11.7 Å². The number of aromatic nitrogens is 2. The number of rotatable bonds is 4. The van der Waals surface area contributed by atoms with Gasteiger partial charge in [0.1, 0.15) is 6.04 Å².